The van der Waals surface area contributed by atoms with Crippen LogP contribution in [0, 0.1) is 10.1 Å². The van der Waals surface area contributed by atoms with Crippen LogP contribution < -0.4 is 0 Å². The number of aliphatic hydroxyl groups is 1. The highest BCUT2D eigenvalue weighted by Crippen LogP contribution is 2.42. The Morgan fingerprint density at radius 2 is 1.85 bits per heavy atom. The van der Waals surface area contributed by atoms with Crippen molar-refractivity contribution in [1.29, 1.82) is 0 Å². The molecule has 33 heavy (non-hydrogen) atoms. The molecule has 1 N–H and O–H groups in total. The predicted octanol–water partition coefficient (Wildman–Crippen LogP) is 4.07. The molecule has 1 fully saturated rings. The standard InChI is InChI=1S/C23H19BrN4O5/c24-16-8-6-15(7-9-16)21(29)19-20(17-4-1-2-5-18(17)28(32)33)27(23(31)22(19)30)12-3-11-26-13-10-25-14-26/h1-2,4-10,13-14,20,29H,3,11-12H2. The number of imidazole rings is 1. The number of nitro groups is 1. The molecule has 0 aliphatic carbocycles. The molecule has 10 heteroatoms. The van der Waals surface area contributed by atoms with Crippen LogP contribution in [0.25, 0.3) is 5.76 Å². The first-order valence-electron chi connectivity index (χ1n) is 10.1. The molecule has 1 aromatic heterocycles. The Bertz CT molecular complexity index is 1240. The van der Waals surface area contributed by atoms with Gasteiger partial charge in [-0.1, -0.05) is 40.2 Å². The Morgan fingerprint density at radius 3 is 2.52 bits per heavy atom. The Morgan fingerprint density at radius 1 is 1.12 bits per heavy atom. The number of aromatic nitrogens is 2. The molecule has 0 radical (unpaired) electrons. The molecule has 4 rings (SSSR count). The number of hydrogen-bond acceptors (Lipinski definition) is 6. The number of likely N-dealkylation sites (tertiary alicyclic amines) is 1. The van der Waals surface area contributed by atoms with Crippen molar-refractivity contribution in [2.75, 3.05) is 6.54 Å². The summed E-state index contributed by atoms with van der Waals surface area (Å²) in [6, 6.07) is 11.4. The molecule has 1 saturated heterocycles. The fourth-order valence-electron chi connectivity index (χ4n) is 3.92. The second-order valence-electron chi connectivity index (χ2n) is 7.47. The van der Waals surface area contributed by atoms with Gasteiger partial charge < -0.3 is 14.6 Å². The molecule has 2 aromatic carbocycles. The third-order valence-electron chi connectivity index (χ3n) is 5.46. The number of carbonyl (C=O) groups is 2. The summed E-state index contributed by atoms with van der Waals surface area (Å²) in [5.41, 5.74) is 0.103. The zero-order valence-corrected chi connectivity index (χ0v) is 18.9. The number of nitrogens with zero attached hydrogens (tertiary/aromatic N) is 4. The lowest BCUT2D eigenvalue weighted by molar-refractivity contribution is -0.385. The largest absolute Gasteiger partial charge is 0.507 e. The van der Waals surface area contributed by atoms with Crippen LogP contribution >= 0.6 is 15.9 Å². The number of carbonyl (C=O) groups excluding carboxylic acids is 2. The molecule has 1 amide bonds. The molecule has 1 unspecified atom stereocenters. The van der Waals surface area contributed by atoms with Gasteiger partial charge >= 0.3 is 0 Å². The van der Waals surface area contributed by atoms with E-state index in [0.29, 0.717) is 18.5 Å². The van der Waals surface area contributed by atoms with Crippen LogP contribution in [0.3, 0.4) is 0 Å². The number of benzene rings is 2. The van der Waals surface area contributed by atoms with Crippen molar-refractivity contribution in [2.24, 2.45) is 0 Å². The third kappa shape index (κ3) is 4.42. The molecule has 3 aromatic rings. The van der Waals surface area contributed by atoms with Gasteiger partial charge in [-0.3, -0.25) is 19.7 Å². The Balaban J connectivity index is 1.80. The fraction of sp³-hybridized carbons (Fsp3) is 0.174. The highest BCUT2D eigenvalue weighted by Gasteiger charge is 2.47. The molecule has 1 atom stereocenters. The monoisotopic (exact) mass is 510 g/mol. The molecule has 0 bridgehead atoms. The number of halogens is 1. The van der Waals surface area contributed by atoms with Crippen LogP contribution in [0.2, 0.25) is 0 Å². The maximum atomic E-state index is 13.1. The van der Waals surface area contributed by atoms with Crippen LogP contribution in [0.5, 0.6) is 0 Å². The predicted molar refractivity (Wildman–Crippen MR) is 123 cm³/mol. The van der Waals surface area contributed by atoms with Crippen molar-refractivity contribution >= 4 is 39.1 Å². The van der Waals surface area contributed by atoms with E-state index in [1.165, 1.54) is 23.1 Å². The van der Waals surface area contributed by atoms with E-state index in [1.54, 1.807) is 49.1 Å². The second kappa shape index (κ2) is 9.37. The molecule has 0 saturated carbocycles. The molecule has 1 aliphatic heterocycles. The number of aryl methyl sites for hydroxylation is 1. The van der Waals surface area contributed by atoms with E-state index in [1.807, 2.05) is 4.57 Å². The van der Waals surface area contributed by atoms with Crippen molar-refractivity contribution < 1.29 is 19.6 Å². The SMILES string of the molecule is O=C1C(=O)N(CCCn2ccnc2)C(c2ccccc2[N+](=O)[O-])C1=C(O)c1ccc(Br)cc1. The van der Waals surface area contributed by atoms with Gasteiger partial charge in [0.1, 0.15) is 5.76 Å². The number of hydrogen-bond donors (Lipinski definition) is 1. The van der Waals surface area contributed by atoms with Gasteiger partial charge in [0.2, 0.25) is 0 Å². The minimum absolute atomic E-state index is 0.163. The molecular formula is C23H19BrN4O5. The normalized spacial score (nSPS) is 17.5. The first-order valence-corrected chi connectivity index (χ1v) is 10.9. The Labute approximate surface area is 197 Å². The maximum Gasteiger partial charge on any atom is 0.295 e. The summed E-state index contributed by atoms with van der Waals surface area (Å²) in [5, 5.41) is 22.8. The zero-order valence-electron chi connectivity index (χ0n) is 17.3. The van der Waals surface area contributed by atoms with E-state index >= 15 is 0 Å². The highest BCUT2D eigenvalue weighted by atomic mass is 79.9. The van der Waals surface area contributed by atoms with Crippen LogP contribution in [-0.4, -0.2) is 42.7 Å². The van der Waals surface area contributed by atoms with Crippen molar-refractivity contribution in [3.8, 4) is 0 Å². The summed E-state index contributed by atoms with van der Waals surface area (Å²) < 4.78 is 2.60. The van der Waals surface area contributed by atoms with Gasteiger partial charge in [-0.2, -0.15) is 0 Å². The quantitative estimate of drug-likeness (QED) is 0.168. The topological polar surface area (TPSA) is 119 Å². The van der Waals surface area contributed by atoms with Crippen molar-refractivity contribution in [3.05, 3.63) is 98.5 Å². The number of Topliss-reactive ketones (excluding diaryl/α,β-unsaturated/α-hetero) is 1. The summed E-state index contributed by atoms with van der Waals surface area (Å²) >= 11 is 3.32. The number of nitro benzene ring substituents is 1. The molecule has 1 aliphatic rings. The first kappa shape index (κ1) is 22.4. The van der Waals surface area contributed by atoms with Gasteiger partial charge in [-0.15, -0.1) is 0 Å². The fourth-order valence-corrected chi connectivity index (χ4v) is 4.19. The van der Waals surface area contributed by atoms with Gasteiger partial charge in [0, 0.05) is 41.6 Å². The Hall–Kier alpha value is -3.79. The second-order valence-corrected chi connectivity index (χ2v) is 8.39. The number of amides is 1. The van der Waals surface area contributed by atoms with Crippen molar-refractivity contribution in [2.45, 2.75) is 19.0 Å². The lowest BCUT2D eigenvalue weighted by Gasteiger charge is -2.25. The summed E-state index contributed by atoms with van der Waals surface area (Å²) in [6.07, 6.45) is 5.54. The van der Waals surface area contributed by atoms with E-state index < -0.39 is 22.7 Å². The van der Waals surface area contributed by atoms with Gasteiger partial charge in [-0.25, -0.2) is 4.98 Å². The minimum atomic E-state index is -1.09. The van der Waals surface area contributed by atoms with E-state index in [2.05, 4.69) is 20.9 Å². The van der Waals surface area contributed by atoms with Gasteiger partial charge in [0.25, 0.3) is 17.4 Å². The molecular weight excluding hydrogens is 492 g/mol. The van der Waals surface area contributed by atoms with Crippen molar-refractivity contribution in [3.63, 3.8) is 0 Å². The van der Waals surface area contributed by atoms with Gasteiger partial charge in [-0.05, 0) is 24.6 Å². The van der Waals surface area contributed by atoms with E-state index in [9.17, 15) is 24.8 Å². The maximum absolute atomic E-state index is 13.1. The summed E-state index contributed by atoms with van der Waals surface area (Å²) in [6.45, 7) is 0.704. The van der Waals surface area contributed by atoms with Crippen LogP contribution in [0.15, 0.2) is 77.3 Å². The van der Waals surface area contributed by atoms with Crippen LogP contribution in [-0.2, 0) is 16.1 Å². The average Bonchev–Trinajstić information content (AvgIpc) is 3.41. The molecule has 2 heterocycles. The molecule has 168 valence electrons. The number of aliphatic hydroxyl groups excluding tert-OH is 1. The summed E-state index contributed by atoms with van der Waals surface area (Å²) in [5.74, 6) is -2.05. The first-order chi connectivity index (χ1) is 15.9. The van der Waals surface area contributed by atoms with Gasteiger partial charge in [0.15, 0.2) is 0 Å². The number of rotatable bonds is 7. The third-order valence-corrected chi connectivity index (χ3v) is 5.99. The summed E-state index contributed by atoms with van der Waals surface area (Å²) in [7, 11) is 0. The lowest BCUT2D eigenvalue weighted by Crippen LogP contribution is -2.31. The minimum Gasteiger partial charge on any atom is -0.507 e. The van der Waals surface area contributed by atoms with Crippen LogP contribution in [0.1, 0.15) is 23.6 Å². The smallest absolute Gasteiger partial charge is 0.295 e. The Kier molecular flexibility index (Phi) is 6.36. The number of para-hydroxylation sites is 1. The molecule has 9 nitrogen and oxygen atoms in total. The zero-order chi connectivity index (χ0) is 23.5. The van der Waals surface area contributed by atoms with E-state index in [0.717, 1.165) is 4.47 Å². The van der Waals surface area contributed by atoms with E-state index in [4.69, 9.17) is 0 Å². The van der Waals surface area contributed by atoms with Gasteiger partial charge in [0.05, 0.1) is 28.4 Å². The van der Waals surface area contributed by atoms with Crippen molar-refractivity contribution in [1.82, 2.24) is 14.5 Å². The highest BCUT2D eigenvalue weighted by molar-refractivity contribution is 9.10. The average molecular weight is 511 g/mol. The van der Waals surface area contributed by atoms with Crippen LogP contribution in [0.4, 0.5) is 5.69 Å². The molecule has 0 spiro atoms. The summed E-state index contributed by atoms with van der Waals surface area (Å²) in [4.78, 5) is 42.5. The van der Waals surface area contributed by atoms with E-state index in [-0.39, 0.29) is 29.1 Å². The number of ketones is 1. The lowest BCUT2D eigenvalue weighted by atomic mass is 9.94.